The molecule has 0 saturated carbocycles. The van der Waals surface area contributed by atoms with Crippen LogP contribution in [0.5, 0.6) is 0 Å². The molecule has 0 spiro atoms. The summed E-state index contributed by atoms with van der Waals surface area (Å²) in [5.41, 5.74) is 2.03. The first-order valence-electron chi connectivity index (χ1n) is 4.40. The summed E-state index contributed by atoms with van der Waals surface area (Å²) in [6.45, 7) is 0. The first-order chi connectivity index (χ1) is 6.66. The number of hydrogen-bond donors (Lipinski definition) is 1. The number of rotatable bonds is 0. The van der Waals surface area contributed by atoms with Crippen molar-refractivity contribution in [1.29, 1.82) is 0 Å². The fourth-order valence-corrected chi connectivity index (χ4v) is 2.15. The van der Waals surface area contributed by atoms with E-state index in [1.54, 1.807) is 0 Å². The highest BCUT2D eigenvalue weighted by Gasteiger charge is 2.20. The summed E-state index contributed by atoms with van der Waals surface area (Å²) in [4.78, 5) is 11.5. The van der Waals surface area contributed by atoms with E-state index < -0.39 is 0 Å². The number of nitrogens with one attached hydrogen (secondary N) is 1. The third kappa shape index (κ3) is 2.03. The molecule has 1 aliphatic heterocycles. The molecule has 1 amide bonds. The van der Waals surface area contributed by atoms with Crippen molar-refractivity contribution in [3.63, 3.8) is 0 Å². The molecule has 1 heterocycles. The summed E-state index contributed by atoms with van der Waals surface area (Å²) in [7, 11) is 0. The number of anilines is 1. The molecule has 1 aromatic rings. The van der Waals surface area contributed by atoms with E-state index in [0.717, 1.165) is 18.5 Å². The third-order valence-electron chi connectivity index (χ3n) is 2.28. The van der Waals surface area contributed by atoms with Crippen LogP contribution in [0.25, 0.3) is 0 Å². The Balaban J connectivity index is 2.38. The fraction of sp³-hybridized carbons (Fsp3) is 0.300. The number of aryl methyl sites for hydroxylation is 1. The summed E-state index contributed by atoms with van der Waals surface area (Å²) in [5, 5.41) is 3.55. The summed E-state index contributed by atoms with van der Waals surface area (Å²) in [6.07, 6.45) is 1.82. The molecule has 4 heteroatoms. The molecule has 0 bridgehead atoms. The molecule has 1 aromatic carbocycles. The van der Waals surface area contributed by atoms with Crippen LogP contribution in [0.15, 0.2) is 18.2 Å². The second-order valence-electron chi connectivity index (χ2n) is 3.30. The third-order valence-corrected chi connectivity index (χ3v) is 3.70. The Morgan fingerprint density at radius 1 is 1.50 bits per heavy atom. The van der Waals surface area contributed by atoms with Gasteiger partial charge in [0.15, 0.2) is 0 Å². The van der Waals surface area contributed by atoms with Crippen molar-refractivity contribution in [2.45, 2.75) is 16.8 Å². The topological polar surface area (TPSA) is 29.1 Å². The molecule has 1 aliphatic rings. The van der Waals surface area contributed by atoms with Crippen LogP contribution >= 0.6 is 34.2 Å². The molecule has 1 N–H and O–H groups in total. The van der Waals surface area contributed by atoms with Gasteiger partial charge in [0.25, 0.3) is 0 Å². The molecular formula is C10H9ClINO. The minimum atomic E-state index is 0.0544. The molecule has 0 radical (unpaired) electrons. The van der Waals surface area contributed by atoms with Gasteiger partial charge in [0, 0.05) is 10.7 Å². The minimum Gasteiger partial charge on any atom is -0.325 e. The lowest BCUT2D eigenvalue weighted by Gasteiger charge is -2.06. The lowest BCUT2D eigenvalue weighted by Crippen LogP contribution is -2.20. The van der Waals surface area contributed by atoms with Crippen LogP contribution < -0.4 is 5.32 Å². The van der Waals surface area contributed by atoms with Crippen molar-refractivity contribution in [3.8, 4) is 0 Å². The molecule has 0 aliphatic carbocycles. The zero-order valence-corrected chi connectivity index (χ0v) is 10.3. The molecule has 1 unspecified atom stereocenters. The summed E-state index contributed by atoms with van der Waals surface area (Å²) < 4.78 is 0.0544. The quantitative estimate of drug-likeness (QED) is 0.577. The van der Waals surface area contributed by atoms with E-state index in [1.165, 1.54) is 5.56 Å². The van der Waals surface area contributed by atoms with Crippen LogP contribution in [0, 0.1) is 0 Å². The van der Waals surface area contributed by atoms with Crippen LogP contribution in [0.4, 0.5) is 5.69 Å². The minimum absolute atomic E-state index is 0.0544. The second kappa shape index (κ2) is 4.06. The number of fused-ring (bicyclic) bond motifs is 1. The van der Waals surface area contributed by atoms with E-state index in [-0.39, 0.29) is 9.83 Å². The second-order valence-corrected chi connectivity index (χ2v) is 5.24. The van der Waals surface area contributed by atoms with E-state index >= 15 is 0 Å². The summed E-state index contributed by atoms with van der Waals surface area (Å²) in [6, 6.07) is 5.65. The van der Waals surface area contributed by atoms with Crippen molar-refractivity contribution in [3.05, 3.63) is 28.8 Å². The van der Waals surface area contributed by atoms with Gasteiger partial charge in [0.2, 0.25) is 5.91 Å². The predicted octanol–water partition coefficient (Wildman–Crippen LogP) is 3.03. The van der Waals surface area contributed by atoms with E-state index in [0.29, 0.717) is 5.02 Å². The number of halogens is 2. The standard InChI is InChI=1S/C10H9ClINO/c11-7-3-1-6-2-4-8(12)10(14)13-9(6)5-7/h1,3,5,8H,2,4H2,(H,13,14). The number of alkyl halides is 1. The molecule has 2 nitrogen and oxygen atoms in total. The van der Waals surface area contributed by atoms with Crippen molar-refractivity contribution in [2.24, 2.45) is 0 Å². The lowest BCUT2D eigenvalue weighted by molar-refractivity contribution is -0.115. The van der Waals surface area contributed by atoms with E-state index in [2.05, 4.69) is 27.9 Å². The van der Waals surface area contributed by atoms with Gasteiger partial charge in [0.05, 0.1) is 3.92 Å². The van der Waals surface area contributed by atoms with Gasteiger partial charge in [-0.3, -0.25) is 4.79 Å². The number of carbonyl (C=O) groups excluding carboxylic acids is 1. The maximum Gasteiger partial charge on any atom is 0.237 e. The molecule has 0 saturated heterocycles. The Kier molecular flexibility index (Phi) is 2.97. The van der Waals surface area contributed by atoms with Crippen molar-refractivity contribution < 1.29 is 4.79 Å². The van der Waals surface area contributed by atoms with Gasteiger partial charge >= 0.3 is 0 Å². The van der Waals surface area contributed by atoms with Crippen LogP contribution in [0.1, 0.15) is 12.0 Å². The predicted molar refractivity (Wildman–Crippen MR) is 66.2 cm³/mol. The largest absolute Gasteiger partial charge is 0.325 e. The first-order valence-corrected chi connectivity index (χ1v) is 6.02. The van der Waals surface area contributed by atoms with E-state index in [4.69, 9.17) is 11.6 Å². The van der Waals surface area contributed by atoms with Gasteiger partial charge in [0.1, 0.15) is 0 Å². The molecule has 0 fully saturated rings. The molecule has 14 heavy (non-hydrogen) atoms. The van der Waals surface area contributed by atoms with Gasteiger partial charge in [-0.1, -0.05) is 40.3 Å². The lowest BCUT2D eigenvalue weighted by atomic mass is 10.1. The highest BCUT2D eigenvalue weighted by atomic mass is 127. The Labute approximate surface area is 101 Å². The van der Waals surface area contributed by atoms with Crippen LogP contribution in [0.3, 0.4) is 0 Å². The number of hydrogen-bond acceptors (Lipinski definition) is 1. The van der Waals surface area contributed by atoms with Gasteiger partial charge in [-0.05, 0) is 30.5 Å². The Morgan fingerprint density at radius 2 is 2.29 bits per heavy atom. The van der Waals surface area contributed by atoms with Gasteiger partial charge in [-0.2, -0.15) is 0 Å². The smallest absolute Gasteiger partial charge is 0.237 e. The molecular weight excluding hydrogens is 312 g/mol. The molecule has 74 valence electrons. The zero-order chi connectivity index (χ0) is 10.1. The summed E-state index contributed by atoms with van der Waals surface area (Å²) in [5.74, 6) is 0.0756. The number of benzene rings is 1. The average Bonchev–Trinajstić information content (AvgIpc) is 2.27. The van der Waals surface area contributed by atoms with E-state index in [1.807, 2.05) is 18.2 Å². The van der Waals surface area contributed by atoms with Crippen molar-refractivity contribution in [1.82, 2.24) is 0 Å². The highest BCUT2D eigenvalue weighted by molar-refractivity contribution is 14.1. The SMILES string of the molecule is O=C1Nc2cc(Cl)ccc2CCC1I. The van der Waals surface area contributed by atoms with Gasteiger partial charge in [-0.15, -0.1) is 0 Å². The van der Waals surface area contributed by atoms with Crippen LogP contribution in [-0.2, 0) is 11.2 Å². The average molecular weight is 322 g/mol. The summed E-state index contributed by atoms with van der Waals surface area (Å²) >= 11 is 8.03. The Bertz CT molecular complexity index is 380. The zero-order valence-electron chi connectivity index (χ0n) is 7.39. The van der Waals surface area contributed by atoms with E-state index in [9.17, 15) is 4.79 Å². The van der Waals surface area contributed by atoms with Crippen LogP contribution in [0.2, 0.25) is 5.02 Å². The van der Waals surface area contributed by atoms with Gasteiger partial charge < -0.3 is 5.32 Å². The first kappa shape index (κ1) is 10.2. The maximum atomic E-state index is 11.5. The Hall–Kier alpha value is -0.290. The molecule has 2 rings (SSSR count). The molecule has 1 atom stereocenters. The maximum absolute atomic E-state index is 11.5. The normalized spacial score (nSPS) is 21.0. The molecule has 0 aromatic heterocycles. The van der Waals surface area contributed by atoms with Crippen molar-refractivity contribution >= 4 is 45.8 Å². The Morgan fingerprint density at radius 3 is 3.07 bits per heavy atom. The van der Waals surface area contributed by atoms with Gasteiger partial charge in [-0.25, -0.2) is 0 Å². The monoisotopic (exact) mass is 321 g/mol. The number of carbonyl (C=O) groups is 1. The number of amides is 1. The highest BCUT2D eigenvalue weighted by Crippen LogP contribution is 2.27. The van der Waals surface area contributed by atoms with Crippen molar-refractivity contribution in [2.75, 3.05) is 5.32 Å². The fourth-order valence-electron chi connectivity index (χ4n) is 1.51. The van der Waals surface area contributed by atoms with Crippen LogP contribution in [-0.4, -0.2) is 9.83 Å².